The topological polar surface area (TPSA) is 33.2 Å². The van der Waals surface area contributed by atoms with E-state index in [9.17, 15) is 4.79 Å². The Balaban J connectivity index is 1.51. The highest BCUT2D eigenvalue weighted by Crippen LogP contribution is 2.25. The van der Waals surface area contributed by atoms with Crippen molar-refractivity contribution in [2.24, 2.45) is 0 Å². The van der Waals surface area contributed by atoms with E-state index >= 15 is 0 Å². The van der Waals surface area contributed by atoms with Gasteiger partial charge in [-0.05, 0) is 52.8 Å². The van der Waals surface area contributed by atoms with Crippen molar-refractivity contribution in [3.8, 4) is 0 Å². The van der Waals surface area contributed by atoms with Gasteiger partial charge in [-0.3, -0.25) is 9.78 Å². The highest BCUT2D eigenvalue weighted by atomic mass is 16.1. The molecule has 3 nitrogen and oxygen atoms in total. The van der Waals surface area contributed by atoms with Gasteiger partial charge >= 0.3 is 0 Å². The Morgan fingerprint density at radius 1 is 1.07 bits per heavy atom. The van der Waals surface area contributed by atoms with Gasteiger partial charge in [-0.2, -0.15) is 0 Å². The smallest absolute Gasteiger partial charge is 0.167 e. The molecule has 3 aromatic rings. The standard InChI is InChI=1S/C25H26N2O/c1-18(2)21-6-3-5-19(13-21)14-25(28)22-7-4-8-24(15-22)27-12-10-20-9-11-26-16-23(20)17-27/h3-9,11,13,15-16,18H,10,12,14,17H2,1-2H3. The number of aromatic nitrogens is 1. The lowest BCUT2D eigenvalue weighted by Gasteiger charge is -2.30. The van der Waals surface area contributed by atoms with E-state index in [1.54, 1.807) is 0 Å². The van der Waals surface area contributed by atoms with Crippen LogP contribution in [0.4, 0.5) is 5.69 Å². The maximum absolute atomic E-state index is 12.9. The SMILES string of the molecule is CC(C)c1cccc(CC(=O)c2cccc(N3CCc4ccncc4C3)c2)c1. The lowest BCUT2D eigenvalue weighted by Crippen LogP contribution is -2.30. The second-order valence-corrected chi connectivity index (χ2v) is 7.87. The fourth-order valence-electron chi connectivity index (χ4n) is 3.83. The molecule has 0 aliphatic carbocycles. The summed E-state index contributed by atoms with van der Waals surface area (Å²) >= 11 is 0. The number of ketones is 1. The van der Waals surface area contributed by atoms with Crippen LogP contribution < -0.4 is 4.90 Å². The van der Waals surface area contributed by atoms with E-state index in [1.165, 1.54) is 16.7 Å². The van der Waals surface area contributed by atoms with Crippen molar-refractivity contribution in [3.05, 3.63) is 94.8 Å². The molecular formula is C25H26N2O. The molecule has 1 aromatic heterocycles. The van der Waals surface area contributed by atoms with Crippen LogP contribution in [-0.4, -0.2) is 17.3 Å². The molecule has 28 heavy (non-hydrogen) atoms. The van der Waals surface area contributed by atoms with E-state index in [-0.39, 0.29) is 5.78 Å². The van der Waals surface area contributed by atoms with E-state index in [4.69, 9.17) is 0 Å². The third-order valence-corrected chi connectivity index (χ3v) is 5.53. The van der Waals surface area contributed by atoms with E-state index < -0.39 is 0 Å². The fraction of sp³-hybridized carbons (Fsp3) is 0.280. The van der Waals surface area contributed by atoms with Crippen LogP contribution in [0.15, 0.2) is 67.0 Å². The number of pyridine rings is 1. The number of Topliss-reactive ketones (excluding diaryl/α,β-unsaturated/α-hetero) is 1. The van der Waals surface area contributed by atoms with Crippen LogP contribution in [0.1, 0.15) is 52.4 Å². The number of carbonyl (C=O) groups excluding carboxylic acids is 1. The van der Waals surface area contributed by atoms with Crippen molar-refractivity contribution in [3.63, 3.8) is 0 Å². The summed E-state index contributed by atoms with van der Waals surface area (Å²) in [5.74, 6) is 0.636. The molecule has 0 bridgehead atoms. The predicted octanol–water partition coefficient (Wildman–Crippen LogP) is 5.19. The monoisotopic (exact) mass is 370 g/mol. The lowest BCUT2D eigenvalue weighted by atomic mass is 9.96. The summed E-state index contributed by atoms with van der Waals surface area (Å²) in [7, 11) is 0. The zero-order valence-corrected chi connectivity index (χ0v) is 16.6. The van der Waals surface area contributed by atoms with Crippen LogP contribution in [-0.2, 0) is 19.4 Å². The molecule has 3 heteroatoms. The lowest BCUT2D eigenvalue weighted by molar-refractivity contribution is 0.0993. The maximum atomic E-state index is 12.9. The first-order valence-corrected chi connectivity index (χ1v) is 9.99. The second-order valence-electron chi connectivity index (χ2n) is 7.87. The first-order chi connectivity index (χ1) is 13.6. The minimum absolute atomic E-state index is 0.168. The summed E-state index contributed by atoms with van der Waals surface area (Å²) in [5.41, 5.74) is 6.90. The fourth-order valence-corrected chi connectivity index (χ4v) is 3.83. The van der Waals surface area contributed by atoms with Gasteiger partial charge in [0.15, 0.2) is 5.78 Å². The molecule has 0 fully saturated rings. The van der Waals surface area contributed by atoms with Crippen molar-refractivity contribution in [2.75, 3.05) is 11.4 Å². The minimum Gasteiger partial charge on any atom is -0.367 e. The van der Waals surface area contributed by atoms with Crippen molar-refractivity contribution in [1.82, 2.24) is 4.98 Å². The van der Waals surface area contributed by atoms with Crippen molar-refractivity contribution >= 4 is 11.5 Å². The Kier molecular flexibility index (Phi) is 5.25. The van der Waals surface area contributed by atoms with Gasteiger partial charge in [-0.1, -0.05) is 50.2 Å². The maximum Gasteiger partial charge on any atom is 0.167 e. The number of benzene rings is 2. The van der Waals surface area contributed by atoms with Crippen LogP contribution in [0.5, 0.6) is 0 Å². The highest BCUT2D eigenvalue weighted by molar-refractivity contribution is 5.98. The zero-order valence-electron chi connectivity index (χ0n) is 16.6. The number of nitrogens with zero attached hydrogens (tertiary/aromatic N) is 2. The Morgan fingerprint density at radius 3 is 2.79 bits per heavy atom. The first kappa shape index (κ1) is 18.4. The van der Waals surface area contributed by atoms with E-state index in [0.29, 0.717) is 12.3 Å². The normalized spacial score (nSPS) is 13.5. The third kappa shape index (κ3) is 3.99. The van der Waals surface area contributed by atoms with Gasteiger partial charge < -0.3 is 4.90 Å². The van der Waals surface area contributed by atoms with Crippen LogP contribution in [0, 0.1) is 0 Å². The van der Waals surface area contributed by atoms with Gasteiger partial charge in [-0.25, -0.2) is 0 Å². The third-order valence-electron chi connectivity index (χ3n) is 5.53. The second kappa shape index (κ2) is 7.97. The van der Waals surface area contributed by atoms with Crippen molar-refractivity contribution < 1.29 is 4.79 Å². The molecule has 0 amide bonds. The Bertz CT molecular complexity index is 993. The van der Waals surface area contributed by atoms with Crippen LogP contribution in [0.25, 0.3) is 0 Å². The number of hydrogen-bond donors (Lipinski definition) is 0. The number of hydrogen-bond acceptors (Lipinski definition) is 3. The first-order valence-electron chi connectivity index (χ1n) is 9.99. The number of rotatable bonds is 5. The van der Waals surface area contributed by atoms with Crippen LogP contribution >= 0.6 is 0 Å². The molecule has 0 radical (unpaired) electrons. The van der Waals surface area contributed by atoms with Gasteiger partial charge in [0.1, 0.15) is 0 Å². The number of carbonyl (C=O) groups is 1. The van der Waals surface area contributed by atoms with E-state index in [2.05, 4.69) is 48.0 Å². The molecular weight excluding hydrogens is 344 g/mol. The molecule has 2 aromatic carbocycles. The molecule has 0 unspecified atom stereocenters. The molecule has 0 saturated heterocycles. The van der Waals surface area contributed by atoms with E-state index in [1.807, 2.05) is 42.7 Å². The summed E-state index contributed by atoms with van der Waals surface area (Å²) in [6.07, 6.45) is 5.27. The zero-order chi connectivity index (χ0) is 19.5. The van der Waals surface area contributed by atoms with Gasteiger partial charge in [0, 0.05) is 43.2 Å². The van der Waals surface area contributed by atoms with Crippen molar-refractivity contribution in [2.45, 2.75) is 39.2 Å². The molecule has 2 heterocycles. The molecule has 0 N–H and O–H groups in total. The largest absolute Gasteiger partial charge is 0.367 e. The summed E-state index contributed by atoms with van der Waals surface area (Å²) in [5, 5.41) is 0. The molecule has 0 saturated carbocycles. The Labute approximate surface area is 167 Å². The summed E-state index contributed by atoms with van der Waals surface area (Å²) in [6, 6.07) is 18.5. The molecule has 142 valence electrons. The van der Waals surface area contributed by atoms with Gasteiger partial charge in [0.25, 0.3) is 0 Å². The Morgan fingerprint density at radius 2 is 1.93 bits per heavy atom. The average molecular weight is 370 g/mol. The molecule has 0 spiro atoms. The van der Waals surface area contributed by atoms with Crippen LogP contribution in [0.3, 0.4) is 0 Å². The average Bonchev–Trinajstić information content (AvgIpc) is 2.73. The highest BCUT2D eigenvalue weighted by Gasteiger charge is 2.17. The summed E-state index contributed by atoms with van der Waals surface area (Å²) in [6.45, 7) is 6.16. The summed E-state index contributed by atoms with van der Waals surface area (Å²) < 4.78 is 0. The van der Waals surface area contributed by atoms with Crippen molar-refractivity contribution in [1.29, 1.82) is 0 Å². The summed E-state index contributed by atoms with van der Waals surface area (Å²) in [4.78, 5) is 19.5. The molecule has 0 atom stereocenters. The molecule has 1 aliphatic rings. The number of fused-ring (bicyclic) bond motifs is 1. The quantitative estimate of drug-likeness (QED) is 0.579. The van der Waals surface area contributed by atoms with Gasteiger partial charge in [0.2, 0.25) is 0 Å². The minimum atomic E-state index is 0.168. The van der Waals surface area contributed by atoms with Gasteiger partial charge in [0.05, 0.1) is 0 Å². The number of anilines is 1. The van der Waals surface area contributed by atoms with Gasteiger partial charge in [-0.15, -0.1) is 0 Å². The van der Waals surface area contributed by atoms with Crippen LogP contribution in [0.2, 0.25) is 0 Å². The predicted molar refractivity (Wildman–Crippen MR) is 114 cm³/mol. The van der Waals surface area contributed by atoms with E-state index in [0.717, 1.165) is 36.3 Å². The molecule has 4 rings (SSSR count). The molecule has 1 aliphatic heterocycles. The Hall–Kier alpha value is -2.94.